The van der Waals surface area contributed by atoms with Gasteiger partial charge in [-0.3, -0.25) is 5.41 Å². The zero-order valence-corrected chi connectivity index (χ0v) is 16.2. The Morgan fingerprint density at radius 2 is 2.07 bits per heavy atom. The second kappa shape index (κ2) is 7.09. The summed E-state index contributed by atoms with van der Waals surface area (Å²) in [6, 6.07) is 5.12. The Morgan fingerprint density at radius 1 is 1.33 bits per heavy atom. The first-order valence-corrected chi connectivity index (χ1v) is 9.04. The summed E-state index contributed by atoms with van der Waals surface area (Å²) in [4.78, 5) is 28.9. The summed E-state index contributed by atoms with van der Waals surface area (Å²) in [6.07, 6.45) is 1.45. The molecular weight excluding hydrogens is 348 g/mol. The topological polar surface area (TPSA) is 100 Å². The largest absolute Gasteiger partial charge is 0.465 e. The summed E-state index contributed by atoms with van der Waals surface area (Å²) in [5.41, 5.74) is 1.61. The number of esters is 1. The standard InChI is InChI=1S/C19H26N4O4/c1-19(2,3)27-18(25)22-9-5-6-13(22)11-23-15-8-7-12(16(24)26-4)10-14(15)21-17(23)20/h7-8,10,13H,5-6,9,11H2,1-4H3,(H2,20,21). The summed E-state index contributed by atoms with van der Waals surface area (Å²) in [6.45, 7) is 6.71. The molecule has 2 heterocycles. The van der Waals surface area contributed by atoms with Gasteiger partial charge in [-0.05, 0) is 51.8 Å². The quantitative estimate of drug-likeness (QED) is 0.807. The Balaban J connectivity index is 1.85. The molecule has 1 aromatic heterocycles. The van der Waals surface area contributed by atoms with Crippen LogP contribution in [0.5, 0.6) is 0 Å². The van der Waals surface area contributed by atoms with Crippen molar-refractivity contribution in [3.05, 3.63) is 29.4 Å². The number of amides is 1. The maximum absolute atomic E-state index is 12.5. The molecular formula is C19H26N4O4. The van der Waals surface area contributed by atoms with E-state index in [1.165, 1.54) is 7.11 Å². The van der Waals surface area contributed by atoms with Crippen molar-refractivity contribution >= 4 is 23.1 Å². The van der Waals surface area contributed by atoms with E-state index in [1.54, 1.807) is 23.1 Å². The highest BCUT2D eigenvalue weighted by molar-refractivity contribution is 5.93. The number of aromatic nitrogens is 2. The van der Waals surface area contributed by atoms with Crippen LogP contribution in [0.2, 0.25) is 0 Å². The molecule has 1 fully saturated rings. The van der Waals surface area contributed by atoms with Gasteiger partial charge in [0, 0.05) is 13.1 Å². The lowest BCUT2D eigenvalue weighted by atomic mass is 10.2. The molecule has 0 saturated carbocycles. The van der Waals surface area contributed by atoms with Crippen LogP contribution in [0.3, 0.4) is 0 Å². The number of aromatic amines is 1. The van der Waals surface area contributed by atoms with Crippen molar-refractivity contribution in [3.63, 3.8) is 0 Å². The van der Waals surface area contributed by atoms with E-state index in [1.807, 2.05) is 25.3 Å². The molecule has 2 N–H and O–H groups in total. The smallest absolute Gasteiger partial charge is 0.410 e. The zero-order valence-electron chi connectivity index (χ0n) is 16.2. The Labute approximate surface area is 157 Å². The van der Waals surface area contributed by atoms with Crippen molar-refractivity contribution in [2.75, 3.05) is 13.7 Å². The molecule has 0 spiro atoms. The molecule has 1 aromatic carbocycles. The SMILES string of the molecule is COC(=O)c1ccc2c(c1)[nH]c(=N)n2CC1CCCN1C(=O)OC(C)(C)C. The highest BCUT2D eigenvalue weighted by Crippen LogP contribution is 2.23. The van der Waals surface area contributed by atoms with E-state index in [0.29, 0.717) is 24.2 Å². The van der Waals surface area contributed by atoms with Crippen molar-refractivity contribution in [2.24, 2.45) is 0 Å². The highest BCUT2D eigenvalue weighted by Gasteiger charge is 2.32. The predicted octanol–water partition coefficient (Wildman–Crippen LogP) is 2.63. The molecule has 1 atom stereocenters. The van der Waals surface area contributed by atoms with Crippen LogP contribution in [0.1, 0.15) is 44.0 Å². The lowest BCUT2D eigenvalue weighted by molar-refractivity contribution is 0.0213. The molecule has 146 valence electrons. The number of methoxy groups -OCH3 is 1. The van der Waals surface area contributed by atoms with Gasteiger partial charge < -0.3 is 23.9 Å². The van der Waals surface area contributed by atoms with Crippen LogP contribution >= 0.6 is 0 Å². The van der Waals surface area contributed by atoms with Crippen LogP contribution in [0.15, 0.2) is 18.2 Å². The average Bonchev–Trinajstić information content (AvgIpc) is 3.17. The van der Waals surface area contributed by atoms with E-state index in [9.17, 15) is 9.59 Å². The first-order valence-electron chi connectivity index (χ1n) is 9.04. The van der Waals surface area contributed by atoms with Crippen LogP contribution in [-0.4, -0.2) is 51.8 Å². The fraction of sp³-hybridized carbons (Fsp3) is 0.526. The van der Waals surface area contributed by atoms with Crippen LogP contribution < -0.4 is 5.62 Å². The number of fused-ring (bicyclic) bond motifs is 1. The fourth-order valence-corrected chi connectivity index (χ4v) is 3.42. The number of carbonyl (C=O) groups is 2. The highest BCUT2D eigenvalue weighted by atomic mass is 16.6. The fourth-order valence-electron chi connectivity index (χ4n) is 3.42. The van der Waals surface area contributed by atoms with Crippen molar-refractivity contribution in [3.8, 4) is 0 Å². The minimum atomic E-state index is -0.539. The second-order valence-corrected chi connectivity index (χ2v) is 7.78. The van der Waals surface area contributed by atoms with Crippen LogP contribution in [0, 0.1) is 5.41 Å². The number of imidazole rings is 1. The Bertz CT molecular complexity index is 922. The minimum absolute atomic E-state index is 0.0340. The number of likely N-dealkylation sites (tertiary alicyclic amines) is 1. The van der Waals surface area contributed by atoms with Crippen LogP contribution in [-0.2, 0) is 16.0 Å². The molecule has 1 aliphatic rings. The number of hydrogen-bond acceptors (Lipinski definition) is 5. The first-order chi connectivity index (χ1) is 12.7. The number of benzene rings is 1. The lowest BCUT2D eigenvalue weighted by Crippen LogP contribution is -2.42. The Morgan fingerprint density at radius 3 is 2.74 bits per heavy atom. The minimum Gasteiger partial charge on any atom is -0.465 e. The van der Waals surface area contributed by atoms with Crippen molar-refractivity contribution < 1.29 is 19.1 Å². The molecule has 0 radical (unpaired) electrons. The first kappa shape index (κ1) is 19.0. The van der Waals surface area contributed by atoms with E-state index < -0.39 is 11.6 Å². The molecule has 8 heteroatoms. The van der Waals surface area contributed by atoms with E-state index in [0.717, 1.165) is 18.4 Å². The van der Waals surface area contributed by atoms with Gasteiger partial charge in [0.2, 0.25) is 0 Å². The molecule has 8 nitrogen and oxygen atoms in total. The average molecular weight is 374 g/mol. The third kappa shape index (κ3) is 3.99. The van der Waals surface area contributed by atoms with Gasteiger partial charge in [0.05, 0.1) is 29.7 Å². The van der Waals surface area contributed by atoms with Gasteiger partial charge in [-0.25, -0.2) is 9.59 Å². The third-order valence-electron chi connectivity index (χ3n) is 4.63. The molecule has 3 rings (SSSR count). The maximum Gasteiger partial charge on any atom is 0.410 e. The van der Waals surface area contributed by atoms with Gasteiger partial charge in [0.1, 0.15) is 5.60 Å². The number of hydrogen-bond donors (Lipinski definition) is 2. The molecule has 0 aliphatic carbocycles. The predicted molar refractivity (Wildman–Crippen MR) is 99.4 cm³/mol. The number of ether oxygens (including phenoxy) is 2. The van der Waals surface area contributed by atoms with Crippen LogP contribution in [0.4, 0.5) is 4.79 Å². The molecule has 27 heavy (non-hydrogen) atoms. The number of rotatable bonds is 3. The van der Waals surface area contributed by atoms with Gasteiger partial charge >= 0.3 is 12.1 Å². The van der Waals surface area contributed by atoms with Gasteiger partial charge in [-0.2, -0.15) is 0 Å². The van der Waals surface area contributed by atoms with Crippen molar-refractivity contribution in [2.45, 2.75) is 51.8 Å². The Hall–Kier alpha value is -2.77. The second-order valence-electron chi connectivity index (χ2n) is 7.78. The maximum atomic E-state index is 12.5. The zero-order chi connectivity index (χ0) is 19.8. The van der Waals surface area contributed by atoms with Gasteiger partial charge in [0.15, 0.2) is 5.62 Å². The summed E-state index contributed by atoms with van der Waals surface area (Å²) >= 11 is 0. The van der Waals surface area contributed by atoms with Gasteiger partial charge in [0.25, 0.3) is 0 Å². The molecule has 2 aromatic rings. The molecule has 1 unspecified atom stereocenters. The van der Waals surface area contributed by atoms with Crippen molar-refractivity contribution in [1.82, 2.24) is 14.5 Å². The summed E-state index contributed by atoms with van der Waals surface area (Å²) in [5.74, 6) is -0.420. The third-order valence-corrected chi connectivity index (χ3v) is 4.63. The van der Waals surface area contributed by atoms with E-state index in [2.05, 4.69) is 4.98 Å². The molecule has 0 bridgehead atoms. The van der Waals surface area contributed by atoms with E-state index >= 15 is 0 Å². The monoisotopic (exact) mass is 374 g/mol. The molecule has 1 aliphatic heterocycles. The van der Waals surface area contributed by atoms with E-state index in [4.69, 9.17) is 14.9 Å². The summed E-state index contributed by atoms with van der Waals surface area (Å²) in [7, 11) is 1.34. The summed E-state index contributed by atoms with van der Waals surface area (Å²) in [5, 5.41) is 8.26. The normalized spacial score (nSPS) is 17.3. The van der Waals surface area contributed by atoms with Gasteiger partial charge in [-0.1, -0.05) is 0 Å². The lowest BCUT2D eigenvalue weighted by Gasteiger charge is -2.28. The molecule has 1 amide bonds. The number of nitrogens with one attached hydrogen (secondary N) is 2. The summed E-state index contributed by atoms with van der Waals surface area (Å²) < 4.78 is 12.1. The number of H-pyrrole nitrogens is 1. The van der Waals surface area contributed by atoms with Crippen molar-refractivity contribution in [1.29, 1.82) is 5.41 Å². The Kier molecular flexibility index (Phi) is 4.99. The number of nitrogens with zero attached hydrogens (tertiary/aromatic N) is 2. The molecule has 1 saturated heterocycles. The van der Waals surface area contributed by atoms with E-state index in [-0.39, 0.29) is 17.8 Å². The number of carbonyl (C=O) groups excluding carboxylic acids is 2. The van der Waals surface area contributed by atoms with Crippen LogP contribution in [0.25, 0.3) is 11.0 Å². The van der Waals surface area contributed by atoms with Gasteiger partial charge in [-0.15, -0.1) is 0 Å².